The van der Waals surface area contributed by atoms with E-state index in [1.165, 1.54) is 0 Å². The van der Waals surface area contributed by atoms with E-state index < -0.39 is 0 Å². The third-order valence-electron chi connectivity index (χ3n) is 3.99. The van der Waals surface area contributed by atoms with Gasteiger partial charge in [-0.3, -0.25) is 4.79 Å². The lowest BCUT2D eigenvalue weighted by atomic mass is 10.1. The van der Waals surface area contributed by atoms with Gasteiger partial charge in [0.15, 0.2) is 5.82 Å². The fourth-order valence-electron chi connectivity index (χ4n) is 2.84. The average Bonchev–Trinajstić information content (AvgIpc) is 2.96. The largest absolute Gasteiger partial charge is 0.319 e. The molecular formula is C17H14N4O. The summed E-state index contributed by atoms with van der Waals surface area (Å²) in [7, 11) is 1.88. The first-order valence-electron chi connectivity index (χ1n) is 7.09. The molecule has 0 aliphatic rings. The van der Waals surface area contributed by atoms with Crippen LogP contribution in [0.1, 0.15) is 5.82 Å². The number of hydrogen-bond acceptors (Lipinski definition) is 3. The minimum Gasteiger partial charge on any atom is -0.319 e. The first kappa shape index (κ1) is 12.8. The number of hydrogen-bond donors (Lipinski definition) is 0. The molecular weight excluding hydrogens is 276 g/mol. The Balaban J connectivity index is 2.09. The molecule has 0 aliphatic carbocycles. The molecule has 108 valence electrons. The van der Waals surface area contributed by atoms with Crippen LogP contribution in [0.15, 0.2) is 59.7 Å². The summed E-state index contributed by atoms with van der Waals surface area (Å²) in [4.78, 5) is 12.9. The highest BCUT2D eigenvalue weighted by atomic mass is 16.1. The van der Waals surface area contributed by atoms with E-state index in [1.54, 1.807) is 10.9 Å². The standard InChI is InChI=1S/C17H14N4O/c1-20-11-18-19-16(20)10-21-15-9-5-4-7-13(15)12-6-2-3-8-14(12)17(21)22/h2-9,11H,10H2,1H3. The molecule has 5 nitrogen and oxygen atoms in total. The molecule has 0 bridgehead atoms. The van der Waals surface area contributed by atoms with E-state index in [0.717, 1.165) is 27.5 Å². The van der Waals surface area contributed by atoms with Crippen LogP contribution in [-0.2, 0) is 13.6 Å². The number of aromatic nitrogens is 4. The summed E-state index contributed by atoms with van der Waals surface area (Å²) in [5.41, 5.74) is 0.909. The molecule has 5 heteroatoms. The highest BCUT2D eigenvalue weighted by molar-refractivity contribution is 6.05. The minimum atomic E-state index is -0.00250. The maximum Gasteiger partial charge on any atom is 0.259 e. The van der Waals surface area contributed by atoms with E-state index in [-0.39, 0.29) is 5.56 Å². The van der Waals surface area contributed by atoms with Crippen molar-refractivity contribution < 1.29 is 0 Å². The first-order chi connectivity index (χ1) is 10.8. The van der Waals surface area contributed by atoms with Gasteiger partial charge < -0.3 is 9.13 Å². The van der Waals surface area contributed by atoms with Gasteiger partial charge in [-0.15, -0.1) is 10.2 Å². The lowest BCUT2D eigenvalue weighted by Crippen LogP contribution is -2.22. The van der Waals surface area contributed by atoms with Crippen LogP contribution in [0.5, 0.6) is 0 Å². The molecule has 0 radical (unpaired) electrons. The Labute approximate surface area is 126 Å². The monoisotopic (exact) mass is 290 g/mol. The summed E-state index contributed by atoms with van der Waals surface area (Å²) in [6.07, 6.45) is 1.64. The van der Waals surface area contributed by atoms with E-state index in [0.29, 0.717) is 6.54 Å². The third-order valence-corrected chi connectivity index (χ3v) is 3.99. The van der Waals surface area contributed by atoms with E-state index in [9.17, 15) is 4.79 Å². The van der Waals surface area contributed by atoms with E-state index in [1.807, 2.05) is 60.1 Å². The maximum absolute atomic E-state index is 12.9. The fraction of sp³-hybridized carbons (Fsp3) is 0.118. The van der Waals surface area contributed by atoms with Crippen LogP contribution in [0.2, 0.25) is 0 Å². The second-order valence-electron chi connectivity index (χ2n) is 5.31. The zero-order valence-corrected chi connectivity index (χ0v) is 12.1. The highest BCUT2D eigenvalue weighted by Crippen LogP contribution is 2.22. The summed E-state index contributed by atoms with van der Waals surface area (Å²) < 4.78 is 3.60. The molecule has 0 unspecified atom stereocenters. The van der Waals surface area contributed by atoms with E-state index >= 15 is 0 Å². The fourth-order valence-corrected chi connectivity index (χ4v) is 2.84. The van der Waals surface area contributed by atoms with Crippen LogP contribution in [0.25, 0.3) is 21.7 Å². The Morgan fingerprint density at radius 1 is 0.955 bits per heavy atom. The van der Waals surface area contributed by atoms with Gasteiger partial charge in [0.25, 0.3) is 5.56 Å². The van der Waals surface area contributed by atoms with Gasteiger partial charge in [0, 0.05) is 17.8 Å². The Kier molecular flexibility index (Phi) is 2.79. The first-order valence-corrected chi connectivity index (χ1v) is 7.09. The number of pyridine rings is 1. The molecule has 0 N–H and O–H groups in total. The predicted molar refractivity (Wildman–Crippen MR) is 85.8 cm³/mol. The van der Waals surface area contributed by atoms with E-state index in [4.69, 9.17) is 0 Å². The number of fused-ring (bicyclic) bond motifs is 3. The normalized spacial score (nSPS) is 11.3. The van der Waals surface area contributed by atoms with Crippen molar-refractivity contribution in [2.45, 2.75) is 6.54 Å². The van der Waals surface area contributed by atoms with Gasteiger partial charge >= 0.3 is 0 Å². The van der Waals surface area contributed by atoms with Gasteiger partial charge in [0.2, 0.25) is 0 Å². The maximum atomic E-state index is 12.9. The van der Waals surface area contributed by atoms with E-state index in [2.05, 4.69) is 10.2 Å². The molecule has 2 heterocycles. The van der Waals surface area contributed by atoms with Gasteiger partial charge in [0.1, 0.15) is 6.33 Å². The van der Waals surface area contributed by atoms with Gasteiger partial charge in [0.05, 0.1) is 12.1 Å². The molecule has 0 saturated heterocycles. The van der Waals surface area contributed by atoms with Gasteiger partial charge in [-0.2, -0.15) is 0 Å². The third kappa shape index (κ3) is 1.83. The second kappa shape index (κ2) is 4.80. The van der Waals surface area contributed by atoms with Crippen molar-refractivity contribution in [1.29, 1.82) is 0 Å². The number of para-hydroxylation sites is 1. The van der Waals surface area contributed by atoms with Crippen LogP contribution in [0, 0.1) is 0 Å². The number of rotatable bonds is 2. The van der Waals surface area contributed by atoms with Crippen LogP contribution in [0.3, 0.4) is 0 Å². The smallest absolute Gasteiger partial charge is 0.259 e. The molecule has 0 fully saturated rings. The minimum absolute atomic E-state index is 0.00250. The summed E-state index contributed by atoms with van der Waals surface area (Å²) in [5.74, 6) is 0.752. The van der Waals surface area contributed by atoms with Crippen LogP contribution in [0.4, 0.5) is 0 Å². The molecule has 0 amide bonds. The highest BCUT2D eigenvalue weighted by Gasteiger charge is 2.12. The summed E-state index contributed by atoms with van der Waals surface area (Å²) in [5, 5.41) is 10.8. The van der Waals surface area contributed by atoms with Crippen molar-refractivity contribution in [3.8, 4) is 0 Å². The molecule has 0 atom stereocenters. The Morgan fingerprint density at radius 2 is 1.64 bits per heavy atom. The topological polar surface area (TPSA) is 52.7 Å². The molecule has 22 heavy (non-hydrogen) atoms. The molecule has 4 aromatic rings. The van der Waals surface area contributed by atoms with Crippen molar-refractivity contribution in [2.24, 2.45) is 7.05 Å². The number of aryl methyl sites for hydroxylation is 1. The number of benzene rings is 2. The molecule has 0 aliphatic heterocycles. The van der Waals surface area contributed by atoms with Crippen molar-refractivity contribution >= 4 is 21.7 Å². The van der Waals surface area contributed by atoms with Crippen molar-refractivity contribution in [3.05, 3.63) is 71.0 Å². The zero-order chi connectivity index (χ0) is 15.1. The van der Waals surface area contributed by atoms with Crippen molar-refractivity contribution in [2.75, 3.05) is 0 Å². The van der Waals surface area contributed by atoms with Crippen LogP contribution < -0.4 is 5.56 Å². The molecule has 0 spiro atoms. The van der Waals surface area contributed by atoms with Crippen molar-refractivity contribution in [3.63, 3.8) is 0 Å². The SMILES string of the molecule is Cn1cnnc1Cn1c(=O)c2ccccc2c2ccccc21. The van der Waals surface area contributed by atoms with Gasteiger partial charge in [-0.25, -0.2) is 0 Å². The molecule has 2 aromatic carbocycles. The lowest BCUT2D eigenvalue weighted by molar-refractivity contribution is 0.700. The lowest BCUT2D eigenvalue weighted by Gasteiger charge is -2.12. The summed E-state index contributed by atoms with van der Waals surface area (Å²) >= 11 is 0. The summed E-state index contributed by atoms with van der Waals surface area (Å²) in [6, 6.07) is 15.7. The Hall–Kier alpha value is -2.95. The number of nitrogens with zero attached hydrogens (tertiary/aromatic N) is 4. The quantitative estimate of drug-likeness (QED) is 0.532. The Bertz CT molecular complexity index is 1050. The molecule has 4 rings (SSSR count). The van der Waals surface area contributed by atoms with Gasteiger partial charge in [-0.1, -0.05) is 36.4 Å². The Morgan fingerprint density at radius 3 is 2.36 bits per heavy atom. The van der Waals surface area contributed by atoms with Crippen LogP contribution in [-0.4, -0.2) is 19.3 Å². The summed E-state index contributed by atoms with van der Waals surface area (Å²) in [6.45, 7) is 0.403. The predicted octanol–water partition coefficient (Wildman–Crippen LogP) is 2.33. The zero-order valence-electron chi connectivity index (χ0n) is 12.1. The second-order valence-corrected chi connectivity index (χ2v) is 5.31. The van der Waals surface area contributed by atoms with Gasteiger partial charge in [-0.05, 0) is 17.5 Å². The van der Waals surface area contributed by atoms with Crippen LogP contribution >= 0.6 is 0 Å². The average molecular weight is 290 g/mol. The van der Waals surface area contributed by atoms with Crippen molar-refractivity contribution in [1.82, 2.24) is 19.3 Å². The molecule has 2 aromatic heterocycles. The molecule has 0 saturated carbocycles.